The molecule has 3 N–H and O–H groups in total. The summed E-state index contributed by atoms with van der Waals surface area (Å²) in [7, 11) is 0. The highest BCUT2D eigenvalue weighted by Crippen LogP contribution is 2.39. The Kier molecular flexibility index (Phi) is 7.89. The molecule has 5 amide bonds. The number of amides is 5. The lowest BCUT2D eigenvalue weighted by Crippen LogP contribution is -2.56. The molecule has 0 aliphatic carbocycles. The third-order valence-electron chi connectivity index (χ3n) is 7.86. The van der Waals surface area contributed by atoms with Crippen LogP contribution in [-0.2, 0) is 23.9 Å². The van der Waals surface area contributed by atoms with Gasteiger partial charge in [0.1, 0.15) is 0 Å². The summed E-state index contributed by atoms with van der Waals surface area (Å²) in [5.41, 5.74) is 6.62. The van der Waals surface area contributed by atoms with Gasteiger partial charge in [0.05, 0.1) is 45.9 Å². The third-order valence-corrected chi connectivity index (χ3v) is 8.73. The molecule has 5 aromatic rings. The van der Waals surface area contributed by atoms with Crippen LogP contribution in [0.5, 0.6) is 0 Å². The number of pyridine rings is 1. The Hall–Kier alpha value is -6.33. The molecule has 0 radical (unpaired) electrons. The zero-order chi connectivity index (χ0) is 34.4. The van der Waals surface area contributed by atoms with Gasteiger partial charge in [0.15, 0.2) is 17.7 Å². The molecule has 0 spiro atoms. The lowest BCUT2D eigenvalue weighted by atomic mass is 10.1. The van der Waals surface area contributed by atoms with Crippen LogP contribution in [0.15, 0.2) is 73.2 Å². The third kappa shape index (κ3) is 5.45. The summed E-state index contributed by atoms with van der Waals surface area (Å²) in [6, 6.07) is 14.2. The van der Waals surface area contributed by atoms with Crippen molar-refractivity contribution in [1.29, 1.82) is 0 Å². The minimum Gasteiger partial charge on any atom is -0.449 e. The van der Waals surface area contributed by atoms with Crippen molar-refractivity contribution >= 4 is 74.4 Å². The second-order valence-corrected chi connectivity index (χ2v) is 11.6. The van der Waals surface area contributed by atoms with Crippen molar-refractivity contribution in [3.63, 3.8) is 0 Å². The van der Waals surface area contributed by atoms with Crippen molar-refractivity contribution in [1.82, 2.24) is 19.1 Å². The summed E-state index contributed by atoms with van der Waals surface area (Å²) in [5, 5.41) is 7.26. The predicted molar refractivity (Wildman–Crippen MR) is 173 cm³/mol. The van der Waals surface area contributed by atoms with E-state index < -0.39 is 47.7 Å². The zero-order valence-corrected chi connectivity index (χ0v) is 26.2. The molecule has 2 atom stereocenters. The van der Waals surface area contributed by atoms with Gasteiger partial charge in [-0.1, -0.05) is 12.1 Å². The number of carbonyl (C=O) groups is 6. The lowest BCUT2D eigenvalue weighted by molar-refractivity contribution is -0.167. The maximum atomic E-state index is 13.7. The quantitative estimate of drug-likeness (QED) is 0.179. The Labute approximate surface area is 280 Å². The number of morpholine rings is 1. The van der Waals surface area contributed by atoms with Crippen LogP contribution in [0, 0.1) is 0 Å². The average Bonchev–Trinajstić information content (AvgIpc) is 3.81. The van der Waals surface area contributed by atoms with E-state index in [9.17, 15) is 28.8 Å². The predicted octanol–water partition coefficient (Wildman–Crippen LogP) is 2.08. The first-order chi connectivity index (χ1) is 23.6. The molecule has 16 nitrogen and oxygen atoms in total. The molecule has 1 saturated heterocycles. The van der Waals surface area contributed by atoms with Crippen molar-refractivity contribution in [2.75, 3.05) is 28.3 Å². The fourth-order valence-electron chi connectivity index (χ4n) is 5.67. The number of nitrogens with two attached hydrogens (primary N) is 1. The molecule has 0 saturated carbocycles. The molecule has 0 bridgehead atoms. The van der Waals surface area contributed by atoms with Gasteiger partial charge in [0.2, 0.25) is 6.10 Å². The van der Waals surface area contributed by atoms with Gasteiger partial charge in [0, 0.05) is 37.0 Å². The standard InChI is InChI=1S/C32H24N8O8S/c1-16(41)48-24(25-32(46)38(14-15-47-25)22-10-13-39(36-22)17-8-11-34-12-9-17)29(43)35-21-7-6-20-26(23(21)27(33)42)49-37-28(20)40-30(44)18-4-2-3-5-19(18)31(40)45/h2-13,24-25H,14-15H2,1H3,(H2,33,42)(H,35,43). The second kappa shape index (κ2) is 12.4. The Morgan fingerprint density at radius 2 is 1.73 bits per heavy atom. The second-order valence-electron chi connectivity index (χ2n) is 10.9. The number of nitrogens with one attached hydrogen (secondary N) is 1. The molecule has 3 aromatic heterocycles. The number of aromatic nitrogens is 4. The molecule has 17 heteroatoms. The van der Waals surface area contributed by atoms with Crippen LogP contribution < -0.4 is 20.9 Å². The fraction of sp³-hybridized carbons (Fsp3) is 0.156. The molecule has 246 valence electrons. The van der Waals surface area contributed by atoms with E-state index in [1.54, 1.807) is 53.6 Å². The first-order valence-electron chi connectivity index (χ1n) is 14.7. The molecule has 49 heavy (non-hydrogen) atoms. The largest absolute Gasteiger partial charge is 0.449 e. The van der Waals surface area contributed by atoms with Crippen LogP contribution in [0.4, 0.5) is 17.3 Å². The molecule has 2 aliphatic rings. The van der Waals surface area contributed by atoms with Crippen molar-refractivity contribution < 1.29 is 38.2 Å². The summed E-state index contributed by atoms with van der Waals surface area (Å²) in [4.78, 5) is 84.8. The Balaban J connectivity index is 1.17. The Morgan fingerprint density at radius 1 is 1.02 bits per heavy atom. The number of imide groups is 1. The van der Waals surface area contributed by atoms with Gasteiger partial charge in [-0.15, -0.1) is 5.10 Å². The van der Waals surface area contributed by atoms with E-state index in [1.807, 2.05) is 0 Å². The molecule has 5 heterocycles. The number of ether oxygens (including phenoxy) is 2. The fourth-order valence-corrected chi connectivity index (χ4v) is 6.59. The maximum Gasteiger partial charge on any atom is 0.303 e. The molecule has 7 rings (SSSR count). The van der Waals surface area contributed by atoms with E-state index in [0.717, 1.165) is 23.4 Å². The minimum atomic E-state index is -1.78. The number of benzene rings is 2. The van der Waals surface area contributed by atoms with Crippen molar-refractivity contribution in [3.8, 4) is 5.69 Å². The number of fused-ring (bicyclic) bond motifs is 2. The molecule has 1 fully saturated rings. The summed E-state index contributed by atoms with van der Waals surface area (Å²) < 4.78 is 17.0. The number of hydrogen-bond donors (Lipinski definition) is 2. The Morgan fingerprint density at radius 3 is 2.41 bits per heavy atom. The first-order valence-corrected chi connectivity index (χ1v) is 15.5. The zero-order valence-electron chi connectivity index (χ0n) is 25.4. The normalized spacial score (nSPS) is 16.5. The number of hydrogen-bond acceptors (Lipinski definition) is 12. The molecule has 2 aromatic carbocycles. The average molecular weight is 681 g/mol. The van der Waals surface area contributed by atoms with Crippen LogP contribution >= 0.6 is 11.5 Å². The summed E-state index contributed by atoms with van der Waals surface area (Å²) >= 11 is 0.794. The van der Waals surface area contributed by atoms with Crippen LogP contribution in [-0.4, -0.2) is 80.0 Å². The van der Waals surface area contributed by atoms with Gasteiger partial charge >= 0.3 is 5.97 Å². The minimum absolute atomic E-state index is 0.00275. The van der Waals surface area contributed by atoms with Crippen LogP contribution in [0.1, 0.15) is 38.0 Å². The highest BCUT2D eigenvalue weighted by atomic mass is 32.1. The number of anilines is 3. The lowest BCUT2D eigenvalue weighted by Gasteiger charge is -2.34. The van der Waals surface area contributed by atoms with Crippen molar-refractivity contribution in [3.05, 3.63) is 89.9 Å². The van der Waals surface area contributed by atoms with Crippen LogP contribution in [0.3, 0.4) is 0 Å². The molecule has 2 unspecified atom stereocenters. The van der Waals surface area contributed by atoms with Crippen LogP contribution in [0.2, 0.25) is 0 Å². The van der Waals surface area contributed by atoms with E-state index in [0.29, 0.717) is 5.69 Å². The topological polar surface area (TPSA) is 209 Å². The monoisotopic (exact) mass is 680 g/mol. The maximum absolute atomic E-state index is 13.7. The summed E-state index contributed by atoms with van der Waals surface area (Å²) in [5.74, 6) is -4.38. The molecule has 2 aliphatic heterocycles. The van der Waals surface area contributed by atoms with Crippen molar-refractivity contribution in [2.24, 2.45) is 5.73 Å². The molecular weight excluding hydrogens is 656 g/mol. The number of rotatable bonds is 8. The highest BCUT2D eigenvalue weighted by molar-refractivity contribution is 7.14. The first kappa shape index (κ1) is 31.3. The van der Waals surface area contributed by atoms with Gasteiger partial charge in [0.25, 0.3) is 29.5 Å². The number of primary amides is 1. The smallest absolute Gasteiger partial charge is 0.303 e. The summed E-state index contributed by atoms with van der Waals surface area (Å²) in [6.45, 7) is 1.17. The number of esters is 1. The SMILES string of the molecule is CC(=O)OC(C(=O)Nc1ccc2c(N3C(=O)c4ccccc4C3=O)nsc2c1C(N)=O)C1OCCN(c2ccn(-c3ccncc3)n2)C1=O. The summed E-state index contributed by atoms with van der Waals surface area (Å²) in [6.07, 6.45) is 1.51. The van der Waals surface area contributed by atoms with E-state index in [1.165, 1.54) is 29.2 Å². The van der Waals surface area contributed by atoms with E-state index in [2.05, 4.69) is 19.8 Å². The van der Waals surface area contributed by atoms with E-state index in [4.69, 9.17) is 15.2 Å². The van der Waals surface area contributed by atoms with E-state index in [-0.39, 0.29) is 57.3 Å². The van der Waals surface area contributed by atoms with Crippen LogP contribution in [0.25, 0.3) is 15.8 Å². The highest BCUT2D eigenvalue weighted by Gasteiger charge is 2.44. The van der Waals surface area contributed by atoms with Gasteiger partial charge in [-0.25, -0.2) is 9.58 Å². The van der Waals surface area contributed by atoms with E-state index >= 15 is 0 Å². The van der Waals surface area contributed by atoms with Crippen molar-refractivity contribution in [2.45, 2.75) is 19.1 Å². The number of carbonyl (C=O) groups excluding carboxylic acids is 6. The van der Waals surface area contributed by atoms with Gasteiger partial charge in [-0.2, -0.15) is 4.37 Å². The Bertz CT molecular complexity index is 2160. The van der Waals surface area contributed by atoms with Gasteiger partial charge < -0.3 is 20.5 Å². The molecular formula is C32H24N8O8S. The van der Waals surface area contributed by atoms with Gasteiger partial charge in [-0.3, -0.25) is 38.7 Å². The number of nitrogens with zero attached hydrogens (tertiary/aromatic N) is 6. The van der Waals surface area contributed by atoms with Gasteiger partial charge in [-0.05, 0) is 47.9 Å².